The Hall–Kier alpha value is -1.49. The van der Waals surface area contributed by atoms with Crippen LogP contribution in [0.15, 0.2) is 24.3 Å². The molecule has 1 aromatic carbocycles. The van der Waals surface area contributed by atoms with Crippen LogP contribution in [0.4, 0.5) is 5.69 Å². The summed E-state index contributed by atoms with van der Waals surface area (Å²) in [6.45, 7) is 9.43. The van der Waals surface area contributed by atoms with Crippen molar-refractivity contribution < 1.29 is 14.7 Å². The molecule has 0 fully saturated rings. The molecule has 1 rings (SSSR count). The van der Waals surface area contributed by atoms with Crippen molar-refractivity contribution in [3.05, 3.63) is 29.8 Å². The molecule has 0 aliphatic rings. The molecular formula is C17H25NO3S. The van der Waals surface area contributed by atoms with Gasteiger partial charge in [-0.3, -0.25) is 9.59 Å². The Bertz CT molecular complexity index is 523. The van der Waals surface area contributed by atoms with E-state index in [2.05, 4.69) is 5.32 Å². The Balaban J connectivity index is 2.84. The number of amides is 1. The molecule has 0 aliphatic heterocycles. The molecular weight excluding hydrogens is 298 g/mol. The standard InChI is InChI=1S/C17H25NO3S/c1-6-22-14(11(2)3)15(19)18-13-9-7-12(8-10-13)17(4,5)16(20)21/h7-11,14H,6H2,1-5H3,(H,18,19)(H,20,21). The van der Waals surface area contributed by atoms with Crippen LogP contribution in [0.2, 0.25) is 0 Å². The summed E-state index contributed by atoms with van der Waals surface area (Å²) in [5, 5.41) is 12.1. The van der Waals surface area contributed by atoms with Gasteiger partial charge in [-0.1, -0.05) is 32.9 Å². The molecule has 0 heterocycles. The van der Waals surface area contributed by atoms with Gasteiger partial charge < -0.3 is 10.4 Å². The average molecular weight is 323 g/mol. The number of benzene rings is 1. The van der Waals surface area contributed by atoms with Gasteiger partial charge in [0, 0.05) is 5.69 Å². The van der Waals surface area contributed by atoms with E-state index in [1.807, 2.05) is 20.8 Å². The number of hydrogen-bond donors (Lipinski definition) is 2. The van der Waals surface area contributed by atoms with Crippen molar-refractivity contribution in [3.8, 4) is 0 Å². The van der Waals surface area contributed by atoms with Gasteiger partial charge in [0.15, 0.2) is 0 Å². The molecule has 0 saturated heterocycles. The van der Waals surface area contributed by atoms with Crippen molar-refractivity contribution in [2.24, 2.45) is 5.92 Å². The van der Waals surface area contributed by atoms with Gasteiger partial charge in [-0.2, -0.15) is 0 Å². The molecule has 2 N–H and O–H groups in total. The van der Waals surface area contributed by atoms with Crippen LogP contribution in [0.1, 0.15) is 40.2 Å². The highest BCUT2D eigenvalue weighted by Crippen LogP contribution is 2.26. The van der Waals surface area contributed by atoms with Crippen LogP contribution in [0.3, 0.4) is 0 Å². The van der Waals surface area contributed by atoms with E-state index < -0.39 is 11.4 Å². The zero-order valence-electron chi connectivity index (χ0n) is 13.8. The number of carboxylic acid groups (broad SMARTS) is 1. The minimum absolute atomic E-state index is 0.00732. The molecule has 5 heteroatoms. The minimum Gasteiger partial charge on any atom is -0.481 e. The largest absolute Gasteiger partial charge is 0.481 e. The Morgan fingerprint density at radius 1 is 1.23 bits per heavy atom. The number of nitrogens with one attached hydrogen (secondary N) is 1. The topological polar surface area (TPSA) is 66.4 Å². The van der Waals surface area contributed by atoms with Gasteiger partial charge >= 0.3 is 5.97 Å². The van der Waals surface area contributed by atoms with Crippen LogP contribution in [0, 0.1) is 5.92 Å². The quantitative estimate of drug-likeness (QED) is 0.801. The summed E-state index contributed by atoms with van der Waals surface area (Å²) >= 11 is 1.63. The molecule has 0 bridgehead atoms. The lowest BCUT2D eigenvalue weighted by Gasteiger charge is -2.21. The van der Waals surface area contributed by atoms with Crippen molar-refractivity contribution in [2.45, 2.75) is 45.3 Å². The van der Waals surface area contributed by atoms with Crippen molar-refractivity contribution in [1.82, 2.24) is 0 Å². The number of anilines is 1. The fourth-order valence-electron chi connectivity index (χ4n) is 2.06. The van der Waals surface area contributed by atoms with E-state index in [-0.39, 0.29) is 17.1 Å². The normalized spacial score (nSPS) is 13.0. The zero-order chi connectivity index (χ0) is 16.9. The van der Waals surface area contributed by atoms with E-state index in [1.165, 1.54) is 0 Å². The third-order valence-electron chi connectivity index (χ3n) is 3.62. The number of thioether (sulfide) groups is 1. The van der Waals surface area contributed by atoms with Crippen LogP contribution in [-0.2, 0) is 15.0 Å². The number of rotatable bonds is 7. The molecule has 0 radical (unpaired) electrons. The first-order valence-corrected chi connectivity index (χ1v) is 8.51. The first kappa shape index (κ1) is 18.6. The first-order chi connectivity index (χ1) is 10.2. The SMILES string of the molecule is CCSC(C(=O)Nc1ccc(C(C)(C)C(=O)O)cc1)C(C)C. The molecule has 122 valence electrons. The predicted molar refractivity (Wildman–Crippen MR) is 92.5 cm³/mol. The lowest BCUT2D eigenvalue weighted by Crippen LogP contribution is -2.30. The molecule has 22 heavy (non-hydrogen) atoms. The Kier molecular flexibility index (Phi) is 6.48. The maximum atomic E-state index is 12.3. The van der Waals surface area contributed by atoms with Crippen LogP contribution < -0.4 is 5.32 Å². The molecule has 0 aliphatic carbocycles. The maximum Gasteiger partial charge on any atom is 0.313 e. The average Bonchev–Trinajstić information content (AvgIpc) is 2.44. The lowest BCUT2D eigenvalue weighted by atomic mass is 9.85. The first-order valence-electron chi connectivity index (χ1n) is 7.46. The second kappa shape index (κ2) is 7.68. The molecule has 0 spiro atoms. The summed E-state index contributed by atoms with van der Waals surface area (Å²) in [5.41, 5.74) is 0.458. The summed E-state index contributed by atoms with van der Waals surface area (Å²) in [4.78, 5) is 23.6. The Morgan fingerprint density at radius 3 is 2.18 bits per heavy atom. The van der Waals surface area contributed by atoms with E-state index in [9.17, 15) is 14.7 Å². The van der Waals surface area contributed by atoms with E-state index in [0.717, 1.165) is 5.75 Å². The second-order valence-electron chi connectivity index (χ2n) is 6.12. The van der Waals surface area contributed by atoms with Gasteiger partial charge in [0.2, 0.25) is 5.91 Å². The van der Waals surface area contributed by atoms with E-state index in [0.29, 0.717) is 11.3 Å². The summed E-state index contributed by atoms with van der Waals surface area (Å²) in [6, 6.07) is 7.01. The van der Waals surface area contributed by atoms with E-state index in [1.54, 1.807) is 49.9 Å². The second-order valence-corrected chi connectivity index (χ2v) is 7.54. The third-order valence-corrected chi connectivity index (χ3v) is 5.07. The van der Waals surface area contributed by atoms with Gasteiger partial charge in [0.05, 0.1) is 10.7 Å². The molecule has 1 aromatic rings. The van der Waals surface area contributed by atoms with Crippen LogP contribution in [0.5, 0.6) is 0 Å². The predicted octanol–water partition coefficient (Wildman–Crippen LogP) is 3.77. The van der Waals surface area contributed by atoms with E-state index >= 15 is 0 Å². The molecule has 0 aromatic heterocycles. The summed E-state index contributed by atoms with van der Waals surface area (Å²) in [6.07, 6.45) is 0. The smallest absolute Gasteiger partial charge is 0.313 e. The zero-order valence-corrected chi connectivity index (χ0v) is 14.7. The van der Waals surface area contributed by atoms with Crippen molar-refractivity contribution >= 4 is 29.3 Å². The van der Waals surface area contributed by atoms with Crippen LogP contribution >= 0.6 is 11.8 Å². The lowest BCUT2D eigenvalue weighted by molar-refractivity contribution is -0.142. The van der Waals surface area contributed by atoms with Crippen LogP contribution in [0.25, 0.3) is 0 Å². The van der Waals surface area contributed by atoms with E-state index in [4.69, 9.17) is 0 Å². The van der Waals surface area contributed by atoms with Gasteiger partial charge in [-0.05, 0) is 43.2 Å². The van der Waals surface area contributed by atoms with Gasteiger partial charge in [-0.25, -0.2) is 0 Å². The van der Waals surface area contributed by atoms with Crippen LogP contribution in [-0.4, -0.2) is 28.0 Å². The van der Waals surface area contributed by atoms with Gasteiger partial charge in [0.1, 0.15) is 0 Å². The Labute approximate surface area is 136 Å². The number of carbonyl (C=O) groups excluding carboxylic acids is 1. The van der Waals surface area contributed by atoms with Crippen molar-refractivity contribution in [3.63, 3.8) is 0 Å². The fraction of sp³-hybridized carbons (Fsp3) is 0.529. The number of carboxylic acids is 1. The third kappa shape index (κ3) is 4.50. The monoisotopic (exact) mass is 323 g/mol. The number of hydrogen-bond acceptors (Lipinski definition) is 3. The molecule has 1 amide bonds. The maximum absolute atomic E-state index is 12.3. The van der Waals surface area contributed by atoms with Crippen molar-refractivity contribution in [2.75, 3.05) is 11.1 Å². The Morgan fingerprint density at radius 2 is 1.77 bits per heavy atom. The highest BCUT2D eigenvalue weighted by atomic mass is 32.2. The molecule has 0 saturated carbocycles. The summed E-state index contributed by atoms with van der Waals surface area (Å²) in [5.74, 6) is 0.271. The summed E-state index contributed by atoms with van der Waals surface area (Å²) < 4.78 is 0. The number of aliphatic carboxylic acids is 1. The highest BCUT2D eigenvalue weighted by molar-refractivity contribution is 8.00. The molecule has 4 nitrogen and oxygen atoms in total. The highest BCUT2D eigenvalue weighted by Gasteiger charge is 2.29. The number of carbonyl (C=O) groups is 2. The van der Waals surface area contributed by atoms with Crippen molar-refractivity contribution in [1.29, 1.82) is 0 Å². The molecule has 1 atom stereocenters. The minimum atomic E-state index is -0.943. The van der Waals surface area contributed by atoms with Gasteiger partial charge in [0.25, 0.3) is 0 Å². The molecule has 1 unspecified atom stereocenters. The van der Waals surface area contributed by atoms with Gasteiger partial charge in [-0.15, -0.1) is 11.8 Å². The summed E-state index contributed by atoms with van der Waals surface area (Å²) in [7, 11) is 0. The fourth-order valence-corrected chi connectivity index (χ4v) is 3.01.